The van der Waals surface area contributed by atoms with Gasteiger partial charge in [-0.2, -0.15) is 5.10 Å². The van der Waals surface area contributed by atoms with Crippen molar-refractivity contribution in [2.75, 3.05) is 12.4 Å². The molecule has 0 spiro atoms. The van der Waals surface area contributed by atoms with Crippen LogP contribution in [0.5, 0.6) is 0 Å². The molecule has 0 saturated carbocycles. The topological polar surface area (TPSA) is 59.0 Å². The second-order valence-corrected chi connectivity index (χ2v) is 4.52. The largest absolute Gasteiger partial charge is 0.378 e. The van der Waals surface area contributed by atoms with Crippen molar-refractivity contribution in [1.82, 2.24) is 15.1 Å². The number of carbonyl (C=O) groups excluding carboxylic acids is 1. The zero-order valence-corrected chi connectivity index (χ0v) is 11.5. The van der Waals surface area contributed by atoms with E-state index >= 15 is 0 Å². The number of halogens is 1. The molecule has 2 rings (SSSR count). The average molecular weight is 276 g/mol. The summed E-state index contributed by atoms with van der Waals surface area (Å²) in [6.45, 7) is 2.64. The summed E-state index contributed by atoms with van der Waals surface area (Å²) in [5.74, 6) is -0.335. The van der Waals surface area contributed by atoms with Gasteiger partial charge < -0.3 is 10.6 Å². The normalized spacial score (nSPS) is 10.3. The number of benzene rings is 1. The lowest BCUT2D eigenvalue weighted by molar-refractivity contribution is -0.121. The van der Waals surface area contributed by atoms with E-state index in [0.29, 0.717) is 6.54 Å². The molecular weight excluding hydrogens is 259 g/mol. The van der Waals surface area contributed by atoms with Gasteiger partial charge in [-0.3, -0.25) is 9.48 Å². The van der Waals surface area contributed by atoms with Gasteiger partial charge in [-0.25, -0.2) is 4.39 Å². The molecule has 1 amide bonds. The van der Waals surface area contributed by atoms with E-state index in [2.05, 4.69) is 15.7 Å². The van der Waals surface area contributed by atoms with Crippen LogP contribution in [0.3, 0.4) is 0 Å². The fourth-order valence-electron chi connectivity index (χ4n) is 1.82. The lowest BCUT2D eigenvalue weighted by Crippen LogP contribution is -2.23. The van der Waals surface area contributed by atoms with Crippen LogP contribution in [-0.2, 0) is 17.9 Å². The molecule has 1 aromatic carbocycles. The third-order valence-electron chi connectivity index (χ3n) is 3.01. The third kappa shape index (κ3) is 3.57. The summed E-state index contributed by atoms with van der Waals surface area (Å²) in [6, 6.07) is 4.71. The zero-order chi connectivity index (χ0) is 14.5. The maximum absolute atomic E-state index is 13.0. The van der Waals surface area contributed by atoms with Gasteiger partial charge in [0.2, 0.25) is 5.91 Å². The van der Waals surface area contributed by atoms with E-state index in [1.54, 1.807) is 30.2 Å². The van der Waals surface area contributed by atoms with Gasteiger partial charge in [0.25, 0.3) is 0 Å². The SMILES string of the molecule is CNC(=O)Cn1cc(NCc2ccc(F)cc2C)cn1. The summed E-state index contributed by atoms with van der Waals surface area (Å²) in [7, 11) is 1.59. The van der Waals surface area contributed by atoms with Crippen LogP contribution < -0.4 is 10.6 Å². The number of aromatic nitrogens is 2. The Morgan fingerprint density at radius 3 is 2.95 bits per heavy atom. The number of hydrogen-bond donors (Lipinski definition) is 2. The van der Waals surface area contributed by atoms with E-state index < -0.39 is 0 Å². The van der Waals surface area contributed by atoms with Crippen molar-refractivity contribution in [2.24, 2.45) is 0 Å². The first-order valence-corrected chi connectivity index (χ1v) is 6.30. The minimum atomic E-state index is -0.232. The Labute approximate surface area is 116 Å². The number of anilines is 1. The van der Waals surface area contributed by atoms with E-state index in [1.807, 2.05) is 6.92 Å². The number of nitrogens with one attached hydrogen (secondary N) is 2. The monoisotopic (exact) mass is 276 g/mol. The van der Waals surface area contributed by atoms with Crippen molar-refractivity contribution in [3.63, 3.8) is 0 Å². The van der Waals surface area contributed by atoms with Crippen LogP contribution in [-0.4, -0.2) is 22.7 Å². The molecular formula is C14H17FN4O. The molecule has 0 fully saturated rings. The fourth-order valence-corrected chi connectivity index (χ4v) is 1.82. The quantitative estimate of drug-likeness (QED) is 0.873. The summed E-state index contributed by atoms with van der Waals surface area (Å²) in [6.07, 6.45) is 3.41. The number of hydrogen-bond acceptors (Lipinski definition) is 3. The van der Waals surface area contributed by atoms with Gasteiger partial charge in [-0.1, -0.05) is 6.07 Å². The molecule has 0 radical (unpaired) electrons. The van der Waals surface area contributed by atoms with Crippen molar-refractivity contribution in [3.05, 3.63) is 47.5 Å². The Morgan fingerprint density at radius 1 is 1.45 bits per heavy atom. The van der Waals surface area contributed by atoms with Crippen LogP contribution in [0.15, 0.2) is 30.6 Å². The summed E-state index contributed by atoms with van der Waals surface area (Å²) in [5.41, 5.74) is 2.73. The molecule has 0 saturated heterocycles. The molecule has 0 aliphatic carbocycles. The number of nitrogens with zero attached hydrogens (tertiary/aromatic N) is 2. The van der Waals surface area contributed by atoms with E-state index in [-0.39, 0.29) is 18.3 Å². The Balaban J connectivity index is 1.95. The van der Waals surface area contributed by atoms with Crippen LogP contribution in [0, 0.1) is 12.7 Å². The van der Waals surface area contributed by atoms with Gasteiger partial charge >= 0.3 is 0 Å². The second kappa shape index (κ2) is 6.18. The van der Waals surface area contributed by atoms with Crippen LogP contribution in [0.2, 0.25) is 0 Å². The first-order chi connectivity index (χ1) is 9.58. The molecule has 1 aromatic heterocycles. The Kier molecular flexibility index (Phi) is 4.34. The molecule has 1 heterocycles. The van der Waals surface area contributed by atoms with E-state index in [4.69, 9.17) is 0 Å². The standard InChI is InChI=1S/C14H17FN4O/c1-10-5-12(15)4-3-11(10)6-17-13-7-18-19(8-13)9-14(20)16-2/h3-5,7-8,17H,6,9H2,1-2H3,(H,16,20). The fraction of sp³-hybridized carbons (Fsp3) is 0.286. The predicted octanol–water partition coefficient (Wildman–Crippen LogP) is 1.69. The third-order valence-corrected chi connectivity index (χ3v) is 3.01. The molecule has 2 aromatic rings. The van der Waals surface area contributed by atoms with Gasteiger partial charge in [0, 0.05) is 19.8 Å². The van der Waals surface area contributed by atoms with Crippen molar-refractivity contribution >= 4 is 11.6 Å². The molecule has 6 heteroatoms. The van der Waals surface area contributed by atoms with Crippen molar-refractivity contribution in [2.45, 2.75) is 20.0 Å². The second-order valence-electron chi connectivity index (χ2n) is 4.52. The highest BCUT2D eigenvalue weighted by Crippen LogP contribution is 2.13. The number of rotatable bonds is 5. The Morgan fingerprint density at radius 2 is 2.25 bits per heavy atom. The summed E-state index contributed by atoms with van der Waals surface area (Å²) >= 11 is 0. The van der Waals surface area contributed by atoms with Gasteiger partial charge in [-0.05, 0) is 30.2 Å². The first kappa shape index (κ1) is 14.0. The molecule has 0 bridgehead atoms. The molecule has 0 atom stereocenters. The molecule has 0 aliphatic rings. The predicted molar refractivity (Wildman–Crippen MR) is 74.8 cm³/mol. The molecule has 0 unspecified atom stereocenters. The first-order valence-electron chi connectivity index (χ1n) is 6.30. The lowest BCUT2D eigenvalue weighted by atomic mass is 10.1. The summed E-state index contributed by atoms with van der Waals surface area (Å²) in [4.78, 5) is 11.2. The van der Waals surface area contributed by atoms with Gasteiger partial charge in [0.1, 0.15) is 12.4 Å². The van der Waals surface area contributed by atoms with Crippen LogP contribution in [0.25, 0.3) is 0 Å². The number of carbonyl (C=O) groups is 1. The molecule has 20 heavy (non-hydrogen) atoms. The summed E-state index contributed by atoms with van der Waals surface area (Å²) in [5, 5.41) is 9.82. The smallest absolute Gasteiger partial charge is 0.241 e. The van der Waals surface area contributed by atoms with Crippen LogP contribution in [0.4, 0.5) is 10.1 Å². The van der Waals surface area contributed by atoms with E-state index in [0.717, 1.165) is 16.8 Å². The molecule has 0 aliphatic heterocycles. The Bertz CT molecular complexity index is 609. The Hall–Kier alpha value is -2.37. The lowest BCUT2D eigenvalue weighted by Gasteiger charge is -2.07. The highest BCUT2D eigenvalue weighted by molar-refractivity contribution is 5.75. The molecule has 106 valence electrons. The minimum Gasteiger partial charge on any atom is -0.378 e. The summed E-state index contributed by atoms with van der Waals surface area (Å²) < 4.78 is 14.6. The van der Waals surface area contributed by atoms with Crippen molar-refractivity contribution in [3.8, 4) is 0 Å². The molecule has 5 nitrogen and oxygen atoms in total. The van der Waals surface area contributed by atoms with Crippen molar-refractivity contribution < 1.29 is 9.18 Å². The van der Waals surface area contributed by atoms with E-state index in [9.17, 15) is 9.18 Å². The maximum Gasteiger partial charge on any atom is 0.241 e. The van der Waals surface area contributed by atoms with Crippen LogP contribution >= 0.6 is 0 Å². The highest BCUT2D eigenvalue weighted by atomic mass is 19.1. The average Bonchev–Trinajstić information content (AvgIpc) is 2.85. The molecule has 2 N–H and O–H groups in total. The zero-order valence-electron chi connectivity index (χ0n) is 11.5. The van der Waals surface area contributed by atoms with Gasteiger partial charge in [-0.15, -0.1) is 0 Å². The van der Waals surface area contributed by atoms with Crippen LogP contribution in [0.1, 0.15) is 11.1 Å². The van der Waals surface area contributed by atoms with Crippen molar-refractivity contribution in [1.29, 1.82) is 0 Å². The van der Waals surface area contributed by atoms with Gasteiger partial charge in [0.05, 0.1) is 11.9 Å². The minimum absolute atomic E-state index is 0.103. The number of amides is 1. The highest BCUT2D eigenvalue weighted by Gasteiger charge is 2.04. The van der Waals surface area contributed by atoms with Gasteiger partial charge in [0.15, 0.2) is 0 Å². The maximum atomic E-state index is 13.0. The van der Waals surface area contributed by atoms with E-state index in [1.165, 1.54) is 12.1 Å². The number of aryl methyl sites for hydroxylation is 1. The number of likely N-dealkylation sites (N-methyl/N-ethyl adjacent to an activating group) is 1.